The zero-order valence-electron chi connectivity index (χ0n) is 14.8. The topological polar surface area (TPSA) is 81.1 Å². The number of amides is 1. The second kappa shape index (κ2) is 7.40. The maximum absolute atomic E-state index is 12.7. The quantitative estimate of drug-likeness (QED) is 0.844. The summed E-state index contributed by atoms with van der Waals surface area (Å²) < 4.78 is 24.8. The molecular formula is C18H22ClN3O3S. The van der Waals surface area contributed by atoms with Gasteiger partial charge in [-0.2, -0.15) is 5.10 Å². The van der Waals surface area contributed by atoms with Crippen molar-refractivity contribution >= 4 is 27.3 Å². The fourth-order valence-electron chi connectivity index (χ4n) is 3.24. The number of nitrogens with zero attached hydrogens (tertiary/aromatic N) is 2. The Morgan fingerprint density at radius 2 is 2.04 bits per heavy atom. The van der Waals surface area contributed by atoms with E-state index in [1.54, 1.807) is 23.0 Å². The fraction of sp³-hybridized carbons (Fsp3) is 0.444. The minimum atomic E-state index is -2.94. The van der Waals surface area contributed by atoms with Crippen LogP contribution in [0.15, 0.2) is 30.5 Å². The summed E-state index contributed by atoms with van der Waals surface area (Å²) in [6.07, 6.45) is 2.16. The van der Waals surface area contributed by atoms with Crippen LogP contribution >= 0.6 is 11.6 Å². The molecule has 26 heavy (non-hydrogen) atoms. The zero-order chi connectivity index (χ0) is 18.9. The molecule has 140 valence electrons. The number of halogens is 1. The maximum atomic E-state index is 12.7. The maximum Gasteiger partial charge on any atom is 0.254 e. The third kappa shape index (κ3) is 4.10. The van der Waals surface area contributed by atoms with E-state index >= 15 is 0 Å². The SMILES string of the molecule is CC(C)c1c(C(=O)NCC2CCS(=O)(=O)C2)cnn1-c1ccc(Cl)cc1. The molecule has 1 aromatic carbocycles. The Morgan fingerprint density at radius 3 is 2.62 bits per heavy atom. The molecule has 2 heterocycles. The highest BCUT2D eigenvalue weighted by atomic mass is 35.5. The van der Waals surface area contributed by atoms with Crippen LogP contribution in [0.25, 0.3) is 5.69 Å². The first kappa shape index (κ1) is 18.9. The summed E-state index contributed by atoms with van der Waals surface area (Å²) in [6.45, 7) is 4.37. The van der Waals surface area contributed by atoms with Crippen molar-refractivity contribution in [3.05, 3.63) is 46.7 Å². The lowest BCUT2D eigenvalue weighted by molar-refractivity contribution is 0.0947. The van der Waals surface area contributed by atoms with Crippen molar-refractivity contribution in [2.24, 2.45) is 5.92 Å². The van der Waals surface area contributed by atoms with E-state index < -0.39 is 9.84 Å². The summed E-state index contributed by atoms with van der Waals surface area (Å²) in [4.78, 5) is 12.7. The van der Waals surface area contributed by atoms with Gasteiger partial charge in [0.05, 0.1) is 34.6 Å². The van der Waals surface area contributed by atoms with E-state index in [2.05, 4.69) is 10.4 Å². The van der Waals surface area contributed by atoms with Gasteiger partial charge in [0, 0.05) is 11.6 Å². The molecule has 0 bridgehead atoms. The summed E-state index contributed by atoms with van der Waals surface area (Å²) in [5, 5.41) is 7.88. The van der Waals surface area contributed by atoms with Crippen LogP contribution in [0.5, 0.6) is 0 Å². The average Bonchev–Trinajstić information content (AvgIpc) is 3.17. The lowest BCUT2D eigenvalue weighted by Crippen LogP contribution is -2.30. The van der Waals surface area contributed by atoms with E-state index in [1.165, 1.54) is 0 Å². The molecule has 1 unspecified atom stereocenters. The number of carbonyl (C=O) groups is 1. The van der Waals surface area contributed by atoms with E-state index in [1.807, 2.05) is 26.0 Å². The minimum absolute atomic E-state index is 0.0160. The summed E-state index contributed by atoms with van der Waals surface area (Å²) in [7, 11) is -2.94. The second-order valence-electron chi connectivity index (χ2n) is 6.97. The molecule has 1 saturated heterocycles. The molecule has 1 amide bonds. The second-order valence-corrected chi connectivity index (χ2v) is 9.63. The molecule has 1 fully saturated rings. The number of hydrogen-bond donors (Lipinski definition) is 1. The van der Waals surface area contributed by atoms with Crippen LogP contribution < -0.4 is 5.32 Å². The standard InChI is InChI=1S/C18H22ClN3O3S/c1-12(2)17-16(10-21-22(17)15-5-3-14(19)4-6-15)18(23)20-9-13-7-8-26(24,25)11-13/h3-6,10,12-13H,7-9,11H2,1-2H3,(H,20,23). The number of aromatic nitrogens is 2. The fourth-order valence-corrected chi connectivity index (χ4v) is 5.23. The van der Waals surface area contributed by atoms with Crippen molar-refractivity contribution in [1.82, 2.24) is 15.1 Å². The molecule has 1 N–H and O–H groups in total. The van der Waals surface area contributed by atoms with Crippen LogP contribution in [0.1, 0.15) is 42.2 Å². The van der Waals surface area contributed by atoms with E-state index in [4.69, 9.17) is 11.6 Å². The molecule has 8 heteroatoms. The van der Waals surface area contributed by atoms with Crippen LogP contribution in [-0.4, -0.2) is 42.2 Å². The first-order valence-corrected chi connectivity index (χ1v) is 10.8. The number of sulfone groups is 1. The van der Waals surface area contributed by atoms with Crippen LogP contribution in [0.2, 0.25) is 5.02 Å². The normalized spacial score (nSPS) is 19.0. The lowest BCUT2D eigenvalue weighted by Gasteiger charge is -2.14. The Hall–Kier alpha value is -1.86. The van der Waals surface area contributed by atoms with Crippen molar-refractivity contribution in [3.63, 3.8) is 0 Å². The summed E-state index contributed by atoms with van der Waals surface area (Å²) in [6, 6.07) is 7.27. The predicted molar refractivity (Wildman–Crippen MR) is 102 cm³/mol. The first-order valence-electron chi connectivity index (χ1n) is 8.59. The van der Waals surface area contributed by atoms with Crippen LogP contribution in [-0.2, 0) is 9.84 Å². The molecule has 1 aliphatic rings. The Balaban J connectivity index is 1.79. The molecule has 0 radical (unpaired) electrons. The summed E-state index contributed by atoms with van der Waals surface area (Å²) in [5.41, 5.74) is 2.15. The number of carbonyl (C=O) groups excluding carboxylic acids is 1. The van der Waals surface area contributed by atoms with E-state index in [-0.39, 0.29) is 29.2 Å². The Kier molecular flexibility index (Phi) is 5.39. The highest BCUT2D eigenvalue weighted by Crippen LogP contribution is 2.24. The van der Waals surface area contributed by atoms with Crippen molar-refractivity contribution in [1.29, 1.82) is 0 Å². The van der Waals surface area contributed by atoms with Gasteiger partial charge in [-0.05, 0) is 42.5 Å². The van der Waals surface area contributed by atoms with Gasteiger partial charge in [-0.3, -0.25) is 4.79 Å². The lowest BCUT2D eigenvalue weighted by atomic mass is 10.0. The third-order valence-corrected chi connectivity index (χ3v) is 6.64. The van der Waals surface area contributed by atoms with Gasteiger partial charge >= 0.3 is 0 Å². The molecule has 2 aromatic rings. The van der Waals surface area contributed by atoms with Crippen molar-refractivity contribution in [2.45, 2.75) is 26.2 Å². The van der Waals surface area contributed by atoms with E-state index in [0.29, 0.717) is 23.6 Å². The minimum Gasteiger partial charge on any atom is -0.352 e. The van der Waals surface area contributed by atoms with Crippen molar-refractivity contribution < 1.29 is 13.2 Å². The number of nitrogens with one attached hydrogen (secondary N) is 1. The van der Waals surface area contributed by atoms with Gasteiger partial charge in [0.1, 0.15) is 0 Å². The van der Waals surface area contributed by atoms with Crippen molar-refractivity contribution in [2.75, 3.05) is 18.1 Å². The number of rotatable bonds is 5. The van der Waals surface area contributed by atoms with E-state index in [9.17, 15) is 13.2 Å². The largest absolute Gasteiger partial charge is 0.352 e. The molecular weight excluding hydrogens is 374 g/mol. The van der Waals surface area contributed by atoms with Gasteiger partial charge in [0.2, 0.25) is 0 Å². The van der Waals surface area contributed by atoms with Crippen molar-refractivity contribution in [3.8, 4) is 5.69 Å². The van der Waals surface area contributed by atoms with Gasteiger partial charge in [0.15, 0.2) is 9.84 Å². The molecule has 0 saturated carbocycles. The highest BCUT2D eigenvalue weighted by molar-refractivity contribution is 7.91. The van der Waals surface area contributed by atoms with Gasteiger partial charge < -0.3 is 5.32 Å². The molecule has 0 aliphatic carbocycles. The summed E-state index contributed by atoms with van der Waals surface area (Å²) in [5.74, 6) is 0.199. The zero-order valence-corrected chi connectivity index (χ0v) is 16.3. The predicted octanol–water partition coefficient (Wildman–Crippen LogP) is 2.81. The molecule has 3 rings (SSSR count). The van der Waals surface area contributed by atoms with E-state index in [0.717, 1.165) is 11.4 Å². The monoisotopic (exact) mass is 395 g/mol. The Morgan fingerprint density at radius 1 is 1.35 bits per heavy atom. The molecule has 6 nitrogen and oxygen atoms in total. The average molecular weight is 396 g/mol. The third-order valence-electron chi connectivity index (χ3n) is 4.55. The molecule has 1 aliphatic heterocycles. The van der Waals surface area contributed by atoms with Crippen LogP contribution in [0.4, 0.5) is 0 Å². The Bertz CT molecular complexity index is 904. The molecule has 1 aromatic heterocycles. The number of hydrogen-bond acceptors (Lipinski definition) is 4. The smallest absolute Gasteiger partial charge is 0.254 e. The molecule has 0 spiro atoms. The van der Waals surface area contributed by atoms with Gasteiger partial charge in [0.25, 0.3) is 5.91 Å². The van der Waals surface area contributed by atoms with Gasteiger partial charge in [-0.15, -0.1) is 0 Å². The summed E-state index contributed by atoms with van der Waals surface area (Å²) >= 11 is 5.94. The van der Waals surface area contributed by atoms with Crippen LogP contribution in [0, 0.1) is 5.92 Å². The first-order chi connectivity index (χ1) is 12.3. The highest BCUT2D eigenvalue weighted by Gasteiger charge is 2.28. The van der Waals surface area contributed by atoms with Crippen LogP contribution in [0.3, 0.4) is 0 Å². The number of benzene rings is 1. The Labute approximate surface area is 158 Å². The molecule has 1 atom stereocenters. The van der Waals surface area contributed by atoms with Gasteiger partial charge in [-0.25, -0.2) is 13.1 Å². The van der Waals surface area contributed by atoms with Gasteiger partial charge in [-0.1, -0.05) is 25.4 Å².